The second-order valence-corrected chi connectivity index (χ2v) is 9.14. The Balaban J connectivity index is 1.36. The van der Waals surface area contributed by atoms with Crippen LogP contribution in [0.2, 0.25) is 0 Å². The fourth-order valence-electron chi connectivity index (χ4n) is 4.79. The van der Waals surface area contributed by atoms with Crippen LogP contribution >= 0.6 is 11.5 Å². The maximum absolute atomic E-state index is 13.1. The molecule has 2 aliphatic rings. The van der Waals surface area contributed by atoms with Gasteiger partial charge in [-0.25, -0.2) is 0 Å². The molecule has 1 atom stereocenters. The van der Waals surface area contributed by atoms with Gasteiger partial charge in [-0.15, -0.1) is 5.10 Å². The van der Waals surface area contributed by atoms with Crippen LogP contribution < -0.4 is 0 Å². The average molecular weight is 399 g/mol. The summed E-state index contributed by atoms with van der Waals surface area (Å²) in [6, 6.07) is 10.7. The molecule has 2 saturated heterocycles. The lowest BCUT2D eigenvalue weighted by atomic mass is 9.79. The largest absolute Gasteiger partial charge is 0.337 e. The van der Waals surface area contributed by atoms with Crippen LogP contribution in [-0.2, 0) is 12.8 Å². The second kappa shape index (κ2) is 8.70. The van der Waals surface area contributed by atoms with E-state index in [4.69, 9.17) is 0 Å². The van der Waals surface area contributed by atoms with E-state index in [2.05, 4.69) is 56.6 Å². The third kappa shape index (κ3) is 4.28. The molecule has 4 rings (SSSR count). The van der Waals surface area contributed by atoms with E-state index in [-0.39, 0.29) is 11.3 Å². The summed E-state index contributed by atoms with van der Waals surface area (Å²) < 4.78 is 4.04. The summed E-state index contributed by atoms with van der Waals surface area (Å²) in [7, 11) is 0. The van der Waals surface area contributed by atoms with Crippen molar-refractivity contribution in [2.45, 2.75) is 45.4 Å². The number of rotatable bonds is 6. The van der Waals surface area contributed by atoms with Gasteiger partial charge in [0.15, 0.2) is 0 Å². The third-order valence-corrected chi connectivity index (χ3v) is 7.02. The molecule has 1 spiro atoms. The number of benzene rings is 1. The van der Waals surface area contributed by atoms with E-state index < -0.39 is 0 Å². The Labute approximate surface area is 171 Å². The van der Waals surface area contributed by atoms with Crippen LogP contribution in [-0.4, -0.2) is 58.0 Å². The van der Waals surface area contributed by atoms with Crippen molar-refractivity contribution >= 4 is 17.4 Å². The highest BCUT2D eigenvalue weighted by atomic mass is 32.1. The fourth-order valence-corrected chi connectivity index (χ4v) is 5.47. The standard InChI is InChI=1S/C22H30N4OS/c1-2-7-19-20(28-24-23-19)21(27)26-15-12-22(17-26)11-6-13-25(16-22)14-10-18-8-4-3-5-9-18/h3-5,8-9H,2,6-7,10-17H2,1H3. The molecule has 0 radical (unpaired) electrons. The van der Waals surface area contributed by atoms with E-state index in [1.807, 2.05) is 0 Å². The molecular formula is C22H30N4OS. The molecule has 2 aromatic rings. The van der Waals surface area contributed by atoms with Crippen LogP contribution in [0.3, 0.4) is 0 Å². The van der Waals surface area contributed by atoms with Crippen LogP contribution in [0.1, 0.15) is 53.5 Å². The van der Waals surface area contributed by atoms with Crippen molar-refractivity contribution in [3.05, 3.63) is 46.5 Å². The monoisotopic (exact) mass is 398 g/mol. The van der Waals surface area contributed by atoms with Gasteiger partial charge in [0.05, 0.1) is 5.69 Å². The van der Waals surface area contributed by atoms with E-state index in [0.29, 0.717) is 0 Å². The molecule has 0 N–H and O–H groups in total. The number of aromatic nitrogens is 2. The van der Waals surface area contributed by atoms with Gasteiger partial charge in [-0.1, -0.05) is 48.2 Å². The summed E-state index contributed by atoms with van der Waals surface area (Å²) in [5.74, 6) is 0.150. The Morgan fingerprint density at radius 2 is 2.00 bits per heavy atom. The predicted molar refractivity (Wildman–Crippen MR) is 113 cm³/mol. The summed E-state index contributed by atoms with van der Waals surface area (Å²) in [5, 5.41) is 4.18. The van der Waals surface area contributed by atoms with Crippen LogP contribution in [0, 0.1) is 5.41 Å². The van der Waals surface area contributed by atoms with E-state index >= 15 is 0 Å². The number of hydrogen-bond acceptors (Lipinski definition) is 5. The van der Waals surface area contributed by atoms with E-state index in [1.54, 1.807) is 0 Å². The maximum atomic E-state index is 13.1. The Bertz CT molecular complexity index is 793. The van der Waals surface area contributed by atoms with E-state index in [9.17, 15) is 4.79 Å². The Kier molecular flexibility index (Phi) is 6.07. The molecule has 28 heavy (non-hydrogen) atoms. The van der Waals surface area contributed by atoms with E-state index in [0.717, 1.165) is 62.4 Å². The zero-order valence-electron chi connectivity index (χ0n) is 16.8. The first-order valence-corrected chi connectivity index (χ1v) is 11.3. The first kappa shape index (κ1) is 19.5. The molecule has 0 aliphatic carbocycles. The first-order chi connectivity index (χ1) is 13.7. The number of aryl methyl sites for hydroxylation is 1. The van der Waals surface area contributed by atoms with Gasteiger partial charge in [0.2, 0.25) is 0 Å². The number of hydrogen-bond donors (Lipinski definition) is 0. The Morgan fingerprint density at radius 3 is 2.82 bits per heavy atom. The van der Waals surface area contributed by atoms with Gasteiger partial charge in [-0.3, -0.25) is 4.79 Å². The molecule has 1 aromatic heterocycles. The molecule has 1 amide bonds. The van der Waals surface area contributed by atoms with E-state index in [1.165, 1.54) is 36.5 Å². The summed E-state index contributed by atoms with van der Waals surface area (Å²) in [4.78, 5) is 18.5. The van der Waals surface area contributed by atoms with Gasteiger partial charge in [0.25, 0.3) is 5.91 Å². The number of likely N-dealkylation sites (tertiary alicyclic amines) is 2. The Morgan fingerprint density at radius 1 is 1.14 bits per heavy atom. The van der Waals surface area contributed by atoms with Crippen molar-refractivity contribution < 1.29 is 4.79 Å². The first-order valence-electron chi connectivity index (χ1n) is 10.6. The SMILES string of the molecule is CCCc1nnsc1C(=O)N1CCC2(CCCN(CCc3ccccc3)C2)C1. The van der Waals surface area contributed by atoms with Crippen molar-refractivity contribution in [3.8, 4) is 0 Å². The quantitative estimate of drug-likeness (QED) is 0.745. The molecule has 1 aromatic carbocycles. The maximum Gasteiger partial charge on any atom is 0.267 e. The summed E-state index contributed by atoms with van der Waals surface area (Å²) in [6.45, 7) is 7.28. The number of carbonyl (C=O) groups excluding carboxylic acids is 1. The topological polar surface area (TPSA) is 49.3 Å². The molecule has 150 valence electrons. The Hall–Kier alpha value is -1.79. The minimum Gasteiger partial charge on any atom is -0.337 e. The molecule has 1 unspecified atom stereocenters. The normalized spacial score (nSPS) is 22.8. The van der Waals surface area contributed by atoms with Crippen molar-refractivity contribution in [2.75, 3.05) is 32.7 Å². The number of nitrogens with zero attached hydrogens (tertiary/aromatic N) is 4. The van der Waals surface area contributed by atoms with Gasteiger partial charge < -0.3 is 9.80 Å². The van der Waals surface area contributed by atoms with Gasteiger partial charge in [-0.2, -0.15) is 0 Å². The molecule has 3 heterocycles. The zero-order valence-corrected chi connectivity index (χ0v) is 17.6. The van der Waals surface area contributed by atoms with Gasteiger partial charge in [0, 0.05) is 31.6 Å². The highest BCUT2D eigenvalue weighted by Crippen LogP contribution is 2.39. The van der Waals surface area contributed by atoms with Crippen LogP contribution in [0.5, 0.6) is 0 Å². The van der Waals surface area contributed by atoms with Crippen LogP contribution in [0.4, 0.5) is 0 Å². The molecule has 2 fully saturated rings. The second-order valence-electron chi connectivity index (χ2n) is 8.39. The molecular weight excluding hydrogens is 368 g/mol. The minimum absolute atomic E-state index is 0.150. The zero-order chi connectivity index (χ0) is 19.4. The summed E-state index contributed by atoms with van der Waals surface area (Å²) >= 11 is 1.26. The smallest absolute Gasteiger partial charge is 0.267 e. The van der Waals surface area contributed by atoms with Crippen molar-refractivity contribution in [3.63, 3.8) is 0 Å². The van der Waals surface area contributed by atoms with Crippen molar-refractivity contribution in [1.82, 2.24) is 19.4 Å². The lowest BCUT2D eigenvalue weighted by Gasteiger charge is -2.40. The number of amides is 1. The van der Waals surface area contributed by atoms with Crippen molar-refractivity contribution in [2.24, 2.45) is 5.41 Å². The third-order valence-electron chi connectivity index (χ3n) is 6.26. The minimum atomic E-state index is 0.150. The lowest BCUT2D eigenvalue weighted by molar-refractivity contribution is 0.0695. The van der Waals surface area contributed by atoms with Crippen LogP contribution in [0.25, 0.3) is 0 Å². The molecule has 0 bridgehead atoms. The lowest BCUT2D eigenvalue weighted by Crippen LogP contribution is -2.46. The fraction of sp³-hybridized carbons (Fsp3) is 0.591. The average Bonchev–Trinajstić information content (AvgIpc) is 3.35. The highest BCUT2D eigenvalue weighted by molar-refractivity contribution is 7.08. The van der Waals surface area contributed by atoms with Gasteiger partial charge in [-0.05, 0) is 55.7 Å². The summed E-state index contributed by atoms with van der Waals surface area (Å²) in [5.41, 5.74) is 2.56. The molecule has 0 saturated carbocycles. The van der Waals surface area contributed by atoms with Crippen molar-refractivity contribution in [1.29, 1.82) is 0 Å². The van der Waals surface area contributed by atoms with Gasteiger partial charge in [0.1, 0.15) is 4.88 Å². The summed E-state index contributed by atoms with van der Waals surface area (Å²) in [6.07, 6.45) is 6.53. The number of piperidine rings is 1. The number of carbonyl (C=O) groups is 1. The van der Waals surface area contributed by atoms with Gasteiger partial charge >= 0.3 is 0 Å². The molecule has 2 aliphatic heterocycles. The molecule has 6 heteroatoms. The molecule has 5 nitrogen and oxygen atoms in total. The predicted octanol–water partition coefficient (Wildman–Crippen LogP) is 3.66. The highest BCUT2D eigenvalue weighted by Gasteiger charge is 2.43. The van der Waals surface area contributed by atoms with Crippen LogP contribution in [0.15, 0.2) is 30.3 Å².